The van der Waals surface area contributed by atoms with E-state index in [4.69, 9.17) is 24.4 Å². The third kappa shape index (κ3) is 10.6. The number of carbonyl (C=O) groups is 4. The highest BCUT2D eigenvalue weighted by molar-refractivity contribution is 6.06. The molecule has 2 unspecified atom stereocenters. The van der Waals surface area contributed by atoms with Crippen molar-refractivity contribution in [2.75, 3.05) is 37.1 Å². The number of aliphatic hydroxyl groups is 4. The van der Waals surface area contributed by atoms with Crippen molar-refractivity contribution < 1.29 is 58.2 Å². The number of ether oxygens (including phenoxy) is 3. The third-order valence-corrected chi connectivity index (χ3v) is 6.67. The summed E-state index contributed by atoms with van der Waals surface area (Å²) in [5, 5.41) is 44.1. The number of aromatic nitrogens is 2. The van der Waals surface area contributed by atoms with E-state index in [1.54, 1.807) is 49.4 Å². The van der Waals surface area contributed by atoms with E-state index >= 15 is 0 Å². The molecule has 0 fully saturated rings. The van der Waals surface area contributed by atoms with Crippen LogP contribution in [-0.4, -0.2) is 98.9 Å². The molecule has 0 aliphatic rings. The number of nitrogens with zero attached hydrogens (tertiary/aromatic N) is 1. The minimum atomic E-state index is -2.01. The molecule has 0 radical (unpaired) electrons. The van der Waals surface area contributed by atoms with Crippen LogP contribution in [0, 0.1) is 12.7 Å². The molecule has 2 heterocycles. The monoisotopic (exact) mass is 695 g/mol. The summed E-state index contributed by atoms with van der Waals surface area (Å²) in [6.45, 7) is -1.04. The van der Waals surface area contributed by atoms with Gasteiger partial charge in [-0.2, -0.15) is 0 Å². The second kappa shape index (κ2) is 17.5. The van der Waals surface area contributed by atoms with Gasteiger partial charge in [0.2, 0.25) is 6.04 Å². The average Bonchev–Trinajstić information content (AvgIpc) is 3.61. The molecule has 50 heavy (non-hydrogen) atoms. The molecule has 0 aliphatic carbocycles. The van der Waals surface area contributed by atoms with Crippen molar-refractivity contribution in [3.63, 3.8) is 0 Å². The number of hydrogen-bond donors (Lipinski definition) is 8. The summed E-state index contributed by atoms with van der Waals surface area (Å²) in [4.78, 5) is 57.6. The summed E-state index contributed by atoms with van der Waals surface area (Å²) in [6.07, 6.45) is -0.128. The number of rotatable bonds is 15. The van der Waals surface area contributed by atoms with E-state index in [1.165, 1.54) is 30.6 Å². The largest absolute Gasteiger partial charge is 0.461 e. The maximum Gasteiger partial charge on any atom is 0.340 e. The number of urea groups is 1. The van der Waals surface area contributed by atoms with Crippen LogP contribution in [0.25, 0.3) is 11.4 Å². The van der Waals surface area contributed by atoms with Gasteiger partial charge in [0, 0.05) is 24.1 Å². The highest BCUT2D eigenvalue weighted by Crippen LogP contribution is 2.27. The SMILES string of the molecule is Cc1ccc(F)c(NC(=O)Nc2ccc(Oc3ccnc(-c4cc(C(=O)NC(C(=O)OCC(O)CO)C(=O)OCC(O)CO)c[nH]4)c3)cc2)c1. The van der Waals surface area contributed by atoms with Gasteiger partial charge in [-0.25, -0.2) is 18.8 Å². The van der Waals surface area contributed by atoms with E-state index in [0.29, 0.717) is 28.6 Å². The number of halogens is 1. The fraction of sp³-hybridized carbons (Fsp3) is 0.242. The van der Waals surface area contributed by atoms with E-state index in [-0.39, 0.29) is 11.3 Å². The predicted octanol–water partition coefficient (Wildman–Crippen LogP) is 1.85. The fourth-order valence-electron chi connectivity index (χ4n) is 4.11. The van der Waals surface area contributed by atoms with Gasteiger partial charge in [0.05, 0.1) is 35.9 Å². The van der Waals surface area contributed by atoms with Gasteiger partial charge in [-0.1, -0.05) is 6.07 Å². The number of amides is 3. The van der Waals surface area contributed by atoms with Crippen LogP contribution in [0.1, 0.15) is 15.9 Å². The zero-order valence-corrected chi connectivity index (χ0v) is 26.5. The number of aryl methyl sites for hydroxylation is 1. The summed E-state index contributed by atoms with van der Waals surface area (Å²) < 4.78 is 29.5. The molecular weight excluding hydrogens is 661 g/mol. The van der Waals surface area contributed by atoms with Gasteiger partial charge in [-0.3, -0.25) is 9.78 Å². The number of aliphatic hydroxyl groups excluding tert-OH is 4. The molecule has 4 rings (SSSR count). The van der Waals surface area contributed by atoms with Gasteiger partial charge in [0.25, 0.3) is 5.91 Å². The first-order chi connectivity index (χ1) is 23.9. The maximum atomic E-state index is 14.0. The normalized spacial score (nSPS) is 12.6. The van der Waals surface area contributed by atoms with Gasteiger partial charge in [0.15, 0.2) is 0 Å². The molecule has 0 spiro atoms. The Bertz CT molecular complexity index is 1770. The first kappa shape index (κ1) is 36.9. The molecule has 0 saturated carbocycles. The molecule has 8 N–H and O–H groups in total. The molecule has 2 aromatic heterocycles. The lowest BCUT2D eigenvalue weighted by Gasteiger charge is -2.18. The number of anilines is 2. The molecular formula is C33H34FN5O11. The summed E-state index contributed by atoms with van der Waals surface area (Å²) in [5.41, 5.74) is 1.93. The van der Waals surface area contributed by atoms with E-state index in [9.17, 15) is 33.8 Å². The van der Waals surface area contributed by atoms with Gasteiger partial charge < -0.3 is 55.6 Å². The number of pyridine rings is 1. The Kier molecular flexibility index (Phi) is 12.9. The molecule has 264 valence electrons. The van der Waals surface area contributed by atoms with Crippen LogP contribution in [0.2, 0.25) is 0 Å². The quantitative estimate of drug-likeness (QED) is 0.0657. The Morgan fingerprint density at radius 3 is 2.16 bits per heavy atom. The first-order valence-corrected chi connectivity index (χ1v) is 14.9. The number of carbonyl (C=O) groups excluding carboxylic acids is 4. The van der Waals surface area contributed by atoms with Crippen LogP contribution in [-0.2, 0) is 19.1 Å². The molecule has 2 aromatic carbocycles. The Balaban J connectivity index is 1.38. The molecule has 0 bridgehead atoms. The Morgan fingerprint density at radius 1 is 0.860 bits per heavy atom. The van der Waals surface area contributed by atoms with Crippen LogP contribution in [0.3, 0.4) is 0 Å². The van der Waals surface area contributed by atoms with Crippen LogP contribution >= 0.6 is 0 Å². The summed E-state index contributed by atoms with van der Waals surface area (Å²) in [5.74, 6) is -3.31. The van der Waals surface area contributed by atoms with E-state index < -0.39 is 74.4 Å². The van der Waals surface area contributed by atoms with Crippen LogP contribution < -0.4 is 20.7 Å². The van der Waals surface area contributed by atoms with Crippen molar-refractivity contribution in [3.8, 4) is 22.9 Å². The molecule has 0 aliphatic heterocycles. The Hall–Kier alpha value is -5.88. The van der Waals surface area contributed by atoms with Crippen LogP contribution in [0.4, 0.5) is 20.6 Å². The Labute approximate surface area is 283 Å². The lowest BCUT2D eigenvalue weighted by Crippen LogP contribution is -2.49. The van der Waals surface area contributed by atoms with E-state index in [2.05, 4.69) is 25.9 Å². The zero-order chi connectivity index (χ0) is 36.2. The van der Waals surface area contributed by atoms with Gasteiger partial charge >= 0.3 is 18.0 Å². The first-order valence-electron chi connectivity index (χ1n) is 14.9. The number of nitrogens with one attached hydrogen (secondary N) is 4. The van der Waals surface area contributed by atoms with Gasteiger partial charge in [0.1, 0.15) is 42.7 Å². The second-order valence-corrected chi connectivity index (χ2v) is 10.7. The highest BCUT2D eigenvalue weighted by atomic mass is 19.1. The van der Waals surface area contributed by atoms with Crippen molar-refractivity contribution in [2.24, 2.45) is 0 Å². The maximum absolute atomic E-state index is 14.0. The molecule has 4 aromatic rings. The average molecular weight is 696 g/mol. The number of aromatic amines is 1. The summed E-state index contributed by atoms with van der Waals surface area (Å²) in [7, 11) is 0. The minimum Gasteiger partial charge on any atom is -0.461 e. The molecule has 3 amide bonds. The highest BCUT2D eigenvalue weighted by Gasteiger charge is 2.33. The zero-order valence-electron chi connectivity index (χ0n) is 26.5. The second-order valence-electron chi connectivity index (χ2n) is 10.7. The molecule has 16 nitrogen and oxygen atoms in total. The number of H-pyrrole nitrogens is 1. The smallest absolute Gasteiger partial charge is 0.340 e. The minimum absolute atomic E-state index is 0.0261. The summed E-state index contributed by atoms with van der Waals surface area (Å²) >= 11 is 0. The number of hydrogen-bond acceptors (Lipinski definition) is 12. The van der Waals surface area contributed by atoms with E-state index in [1.807, 2.05) is 0 Å². The number of esters is 2. The van der Waals surface area contributed by atoms with Crippen LogP contribution in [0.5, 0.6) is 11.5 Å². The third-order valence-electron chi connectivity index (χ3n) is 6.67. The van der Waals surface area contributed by atoms with Crippen LogP contribution in [0.15, 0.2) is 73.1 Å². The lowest BCUT2D eigenvalue weighted by atomic mass is 10.2. The standard InChI is InChI=1S/C33H34FN5O11/c1-18-2-7-25(34)26(10-18)38-33(47)37-20-3-5-23(6-4-20)50-24-8-9-35-28(12-24)27-11-19(13-36-27)30(44)39-29(31(45)48-16-21(42)14-40)32(46)49-17-22(43)15-41/h2-13,21-22,29,36,40-43H,14-17H2,1H3,(H,39,44)(H2,37,38,47). The summed E-state index contributed by atoms with van der Waals surface area (Å²) in [6, 6.07) is 12.6. The number of benzene rings is 2. The van der Waals surface area contributed by atoms with Gasteiger partial charge in [-0.05, 0) is 61.0 Å². The van der Waals surface area contributed by atoms with Gasteiger partial charge in [-0.15, -0.1) is 0 Å². The van der Waals surface area contributed by atoms with Crippen molar-refractivity contribution in [1.82, 2.24) is 15.3 Å². The van der Waals surface area contributed by atoms with Crippen molar-refractivity contribution in [2.45, 2.75) is 25.2 Å². The lowest BCUT2D eigenvalue weighted by molar-refractivity contribution is -0.162. The molecule has 0 saturated heterocycles. The molecule has 2 atom stereocenters. The molecule has 17 heteroatoms. The van der Waals surface area contributed by atoms with Crippen molar-refractivity contribution >= 4 is 35.3 Å². The van der Waals surface area contributed by atoms with Crippen molar-refractivity contribution in [3.05, 3.63) is 90.0 Å². The Morgan fingerprint density at radius 2 is 1.52 bits per heavy atom. The topological polar surface area (TPSA) is 242 Å². The predicted molar refractivity (Wildman–Crippen MR) is 174 cm³/mol. The van der Waals surface area contributed by atoms with E-state index in [0.717, 1.165) is 5.56 Å². The fourth-order valence-corrected chi connectivity index (χ4v) is 4.11. The van der Waals surface area contributed by atoms with Crippen molar-refractivity contribution in [1.29, 1.82) is 0 Å².